The number of aliphatic hydroxyl groups is 1. The van der Waals surface area contributed by atoms with Gasteiger partial charge in [0.15, 0.2) is 0 Å². The molecule has 7 nitrogen and oxygen atoms in total. The van der Waals surface area contributed by atoms with Crippen molar-refractivity contribution in [2.45, 2.75) is 39.4 Å². The minimum Gasteiger partial charge on any atom is -0.443 e. The predicted molar refractivity (Wildman–Crippen MR) is 101 cm³/mol. The molecule has 1 aromatic heterocycles. The monoisotopic (exact) mass is 391 g/mol. The van der Waals surface area contributed by atoms with Crippen LogP contribution in [-0.2, 0) is 4.74 Å². The Labute approximate surface area is 162 Å². The molecule has 0 saturated carbocycles. The van der Waals surface area contributed by atoms with E-state index >= 15 is 0 Å². The van der Waals surface area contributed by atoms with Crippen LogP contribution in [0.3, 0.4) is 0 Å². The van der Waals surface area contributed by atoms with E-state index < -0.39 is 23.7 Å². The molecule has 2 amide bonds. The number of hydrazine groups is 1. The SMILES string of the molecule is Cc1ccc(C(O)c2ccc(Cl)cc2)c(C(=O)NNC(=O)OC(C)(C)C)n1. The molecule has 1 heterocycles. The smallest absolute Gasteiger partial charge is 0.426 e. The van der Waals surface area contributed by atoms with E-state index in [1.807, 2.05) is 0 Å². The van der Waals surface area contributed by atoms with Gasteiger partial charge < -0.3 is 9.84 Å². The van der Waals surface area contributed by atoms with E-state index in [0.29, 0.717) is 21.8 Å². The molecule has 0 bridgehead atoms. The fourth-order valence-electron chi connectivity index (χ4n) is 2.27. The van der Waals surface area contributed by atoms with Gasteiger partial charge in [0, 0.05) is 16.3 Å². The standard InChI is InChI=1S/C19H22ClN3O4/c1-11-5-10-14(16(24)12-6-8-13(20)9-7-12)15(21-11)17(25)22-23-18(26)27-19(2,3)4/h5-10,16,24H,1-4H3,(H,22,25)(H,23,26). The Kier molecular flexibility index (Phi) is 6.41. The topological polar surface area (TPSA) is 101 Å². The Balaban J connectivity index is 2.20. The number of aliphatic hydroxyl groups excluding tert-OH is 1. The Bertz CT molecular complexity index is 832. The van der Waals surface area contributed by atoms with Crippen LogP contribution < -0.4 is 10.9 Å². The van der Waals surface area contributed by atoms with Gasteiger partial charge in [0.25, 0.3) is 5.91 Å². The minimum absolute atomic E-state index is 0.00601. The third-order valence-electron chi connectivity index (χ3n) is 3.44. The fourth-order valence-corrected chi connectivity index (χ4v) is 2.39. The van der Waals surface area contributed by atoms with Crippen molar-refractivity contribution < 1.29 is 19.4 Å². The zero-order valence-corrected chi connectivity index (χ0v) is 16.3. The summed E-state index contributed by atoms with van der Waals surface area (Å²) < 4.78 is 5.06. The first-order chi connectivity index (χ1) is 12.6. The number of ether oxygens (including phenoxy) is 1. The number of hydrogen-bond acceptors (Lipinski definition) is 5. The molecule has 0 aliphatic rings. The predicted octanol–water partition coefficient (Wildman–Crippen LogP) is 3.29. The summed E-state index contributed by atoms with van der Waals surface area (Å²) in [7, 11) is 0. The highest BCUT2D eigenvalue weighted by atomic mass is 35.5. The summed E-state index contributed by atoms with van der Waals surface area (Å²) in [5, 5.41) is 11.2. The maximum Gasteiger partial charge on any atom is 0.426 e. The zero-order valence-electron chi connectivity index (χ0n) is 15.5. The van der Waals surface area contributed by atoms with Crippen LogP contribution in [-0.4, -0.2) is 27.7 Å². The van der Waals surface area contributed by atoms with Gasteiger partial charge in [0.05, 0.1) is 0 Å². The molecular formula is C19H22ClN3O4. The third-order valence-corrected chi connectivity index (χ3v) is 3.69. The maximum atomic E-state index is 12.5. The Morgan fingerprint density at radius 1 is 1.11 bits per heavy atom. The van der Waals surface area contributed by atoms with E-state index in [-0.39, 0.29) is 5.69 Å². The average Bonchev–Trinajstić information content (AvgIpc) is 2.58. The summed E-state index contributed by atoms with van der Waals surface area (Å²) in [6, 6.07) is 9.91. The second-order valence-electron chi connectivity index (χ2n) is 6.93. The molecule has 144 valence electrons. The van der Waals surface area contributed by atoms with Gasteiger partial charge in [-0.3, -0.25) is 10.2 Å². The first-order valence-electron chi connectivity index (χ1n) is 8.27. The lowest BCUT2D eigenvalue weighted by Gasteiger charge is -2.20. The summed E-state index contributed by atoms with van der Waals surface area (Å²) in [4.78, 5) is 28.4. The number of carbonyl (C=O) groups excluding carboxylic acids is 2. The lowest BCUT2D eigenvalue weighted by molar-refractivity contribution is 0.0482. The van der Waals surface area contributed by atoms with Crippen LogP contribution in [0.4, 0.5) is 4.79 Å². The number of halogens is 1. The molecule has 0 fully saturated rings. The molecule has 0 aliphatic carbocycles. The number of amides is 2. The van der Waals surface area contributed by atoms with Crippen LogP contribution in [0.25, 0.3) is 0 Å². The molecule has 0 spiro atoms. The maximum absolute atomic E-state index is 12.5. The van der Waals surface area contributed by atoms with Crippen molar-refractivity contribution in [3.63, 3.8) is 0 Å². The van der Waals surface area contributed by atoms with Crippen LogP contribution in [0.1, 0.15) is 54.2 Å². The number of benzene rings is 1. The molecule has 1 unspecified atom stereocenters. The molecule has 3 N–H and O–H groups in total. The zero-order chi connectivity index (χ0) is 20.2. The molecule has 2 aromatic rings. The molecule has 2 rings (SSSR count). The summed E-state index contributed by atoms with van der Waals surface area (Å²) >= 11 is 5.87. The molecule has 1 atom stereocenters. The van der Waals surface area contributed by atoms with Gasteiger partial charge in [0.2, 0.25) is 0 Å². The number of nitrogens with one attached hydrogen (secondary N) is 2. The number of rotatable bonds is 3. The lowest BCUT2D eigenvalue weighted by Crippen LogP contribution is -2.44. The molecule has 0 saturated heterocycles. The first kappa shape index (κ1) is 20.7. The number of aryl methyl sites for hydroxylation is 1. The van der Waals surface area contributed by atoms with Crippen LogP contribution in [0.2, 0.25) is 5.02 Å². The van der Waals surface area contributed by atoms with Crippen molar-refractivity contribution in [1.82, 2.24) is 15.8 Å². The first-order valence-corrected chi connectivity index (χ1v) is 8.65. The number of aromatic nitrogens is 1. The van der Waals surface area contributed by atoms with Gasteiger partial charge in [-0.05, 0) is 51.5 Å². The summed E-state index contributed by atoms with van der Waals surface area (Å²) in [6.07, 6.45) is -1.89. The summed E-state index contributed by atoms with van der Waals surface area (Å²) in [5.41, 5.74) is 5.15. The van der Waals surface area contributed by atoms with Crippen LogP contribution in [0.15, 0.2) is 36.4 Å². The van der Waals surface area contributed by atoms with Crippen molar-refractivity contribution in [2.75, 3.05) is 0 Å². The average molecular weight is 392 g/mol. The Morgan fingerprint density at radius 3 is 2.33 bits per heavy atom. The van der Waals surface area contributed by atoms with E-state index in [2.05, 4.69) is 15.8 Å². The fraction of sp³-hybridized carbons (Fsp3) is 0.316. The van der Waals surface area contributed by atoms with Gasteiger partial charge in [-0.25, -0.2) is 15.2 Å². The molecule has 27 heavy (non-hydrogen) atoms. The van der Waals surface area contributed by atoms with Crippen LogP contribution in [0.5, 0.6) is 0 Å². The second-order valence-corrected chi connectivity index (χ2v) is 7.36. The summed E-state index contributed by atoms with van der Waals surface area (Å²) in [6.45, 7) is 6.84. The van der Waals surface area contributed by atoms with Gasteiger partial charge >= 0.3 is 6.09 Å². The molecule has 8 heteroatoms. The number of carbonyl (C=O) groups is 2. The number of hydrogen-bond donors (Lipinski definition) is 3. The van der Waals surface area contributed by atoms with Crippen LogP contribution in [0, 0.1) is 6.92 Å². The molecule has 0 aliphatic heterocycles. The molecular weight excluding hydrogens is 370 g/mol. The van der Waals surface area contributed by atoms with Crippen molar-refractivity contribution in [3.8, 4) is 0 Å². The van der Waals surface area contributed by atoms with Gasteiger partial charge in [-0.2, -0.15) is 0 Å². The normalized spacial score (nSPS) is 12.2. The highest BCUT2D eigenvalue weighted by Gasteiger charge is 2.22. The third kappa shape index (κ3) is 5.94. The Morgan fingerprint density at radius 2 is 1.74 bits per heavy atom. The highest BCUT2D eigenvalue weighted by molar-refractivity contribution is 6.30. The van der Waals surface area contributed by atoms with Gasteiger partial charge in [-0.15, -0.1) is 0 Å². The van der Waals surface area contributed by atoms with E-state index in [4.69, 9.17) is 16.3 Å². The van der Waals surface area contributed by atoms with Gasteiger partial charge in [0.1, 0.15) is 17.4 Å². The molecule has 0 radical (unpaired) electrons. The van der Waals surface area contributed by atoms with E-state index in [1.54, 1.807) is 64.1 Å². The summed E-state index contributed by atoms with van der Waals surface area (Å²) in [5.74, 6) is -0.674. The van der Waals surface area contributed by atoms with Crippen molar-refractivity contribution in [3.05, 3.63) is 63.9 Å². The minimum atomic E-state index is -1.09. The van der Waals surface area contributed by atoms with Crippen molar-refractivity contribution >= 4 is 23.6 Å². The van der Waals surface area contributed by atoms with E-state index in [1.165, 1.54) is 0 Å². The van der Waals surface area contributed by atoms with Gasteiger partial charge in [-0.1, -0.05) is 29.8 Å². The second kappa shape index (κ2) is 8.37. The van der Waals surface area contributed by atoms with Crippen LogP contribution >= 0.6 is 11.6 Å². The lowest BCUT2D eigenvalue weighted by atomic mass is 9.99. The Hall–Kier alpha value is -2.64. The highest BCUT2D eigenvalue weighted by Crippen LogP contribution is 2.25. The molecule has 1 aromatic carbocycles. The number of nitrogens with zero attached hydrogens (tertiary/aromatic N) is 1. The largest absolute Gasteiger partial charge is 0.443 e. The van der Waals surface area contributed by atoms with Crippen molar-refractivity contribution in [1.29, 1.82) is 0 Å². The van der Waals surface area contributed by atoms with Crippen molar-refractivity contribution in [2.24, 2.45) is 0 Å². The number of pyridine rings is 1. The van der Waals surface area contributed by atoms with E-state index in [0.717, 1.165) is 0 Å². The van der Waals surface area contributed by atoms with E-state index in [9.17, 15) is 14.7 Å². The quantitative estimate of drug-likeness (QED) is 0.697.